The van der Waals surface area contributed by atoms with Crippen LogP contribution < -0.4 is 10.0 Å². The molecular weight excluding hydrogens is 440 g/mol. The molecule has 3 aromatic rings. The van der Waals surface area contributed by atoms with Crippen LogP contribution in [0.2, 0.25) is 5.02 Å². The van der Waals surface area contributed by atoms with Crippen LogP contribution in [0.15, 0.2) is 83.8 Å². The average Bonchev–Trinajstić information content (AvgIpc) is 2.75. The third kappa shape index (κ3) is 6.52. The lowest BCUT2D eigenvalue weighted by Gasteiger charge is -2.09. The van der Waals surface area contributed by atoms with E-state index < -0.39 is 10.0 Å². The van der Waals surface area contributed by atoms with Crippen molar-refractivity contribution in [1.29, 1.82) is 0 Å². The molecule has 0 saturated carbocycles. The summed E-state index contributed by atoms with van der Waals surface area (Å²) in [7, 11) is -3.65. The third-order valence-corrected chi connectivity index (χ3v) is 6.85. The van der Waals surface area contributed by atoms with E-state index in [9.17, 15) is 13.2 Å². The number of carbonyl (C=O) groups excluding carboxylic acids is 1. The molecule has 30 heavy (non-hydrogen) atoms. The predicted molar refractivity (Wildman–Crippen MR) is 124 cm³/mol. The maximum atomic E-state index is 12.3. The molecule has 3 aromatic carbocycles. The topological polar surface area (TPSA) is 75.3 Å². The molecule has 0 atom stereocenters. The molecular formula is C22H21ClN2O3S2. The van der Waals surface area contributed by atoms with Gasteiger partial charge in [-0.15, -0.1) is 0 Å². The van der Waals surface area contributed by atoms with Crippen molar-refractivity contribution < 1.29 is 13.2 Å². The van der Waals surface area contributed by atoms with E-state index in [4.69, 9.17) is 11.6 Å². The van der Waals surface area contributed by atoms with Gasteiger partial charge < -0.3 is 5.32 Å². The minimum Gasteiger partial charge on any atom is -0.351 e. The van der Waals surface area contributed by atoms with Crippen LogP contribution in [0.25, 0.3) is 0 Å². The molecule has 5 nitrogen and oxygen atoms in total. The number of hydrogen-bond acceptors (Lipinski definition) is 4. The largest absolute Gasteiger partial charge is 0.351 e. The fourth-order valence-corrected chi connectivity index (χ4v) is 4.64. The van der Waals surface area contributed by atoms with E-state index in [2.05, 4.69) is 10.0 Å². The zero-order valence-corrected chi connectivity index (χ0v) is 18.4. The van der Waals surface area contributed by atoms with Gasteiger partial charge in [0.05, 0.1) is 4.90 Å². The van der Waals surface area contributed by atoms with Gasteiger partial charge in [0, 0.05) is 34.3 Å². The highest BCUT2D eigenvalue weighted by Gasteiger charge is 2.13. The van der Waals surface area contributed by atoms with Crippen molar-refractivity contribution in [1.82, 2.24) is 5.32 Å². The number of hydrogen-bond donors (Lipinski definition) is 2. The molecule has 0 saturated heterocycles. The normalized spacial score (nSPS) is 11.1. The van der Waals surface area contributed by atoms with E-state index in [-0.39, 0.29) is 10.8 Å². The average molecular weight is 461 g/mol. The maximum Gasteiger partial charge on any atom is 0.261 e. The Morgan fingerprint density at radius 1 is 0.900 bits per heavy atom. The monoisotopic (exact) mass is 460 g/mol. The van der Waals surface area contributed by atoms with Crippen molar-refractivity contribution in [3.05, 3.63) is 95.0 Å². The number of amides is 1. The van der Waals surface area contributed by atoms with Gasteiger partial charge in [-0.3, -0.25) is 9.52 Å². The maximum absolute atomic E-state index is 12.3. The highest BCUT2D eigenvalue weighted by atomic mass is 35.5. The molecule has 8 heteroatoms. The van der Waals surface area contributed by atoms with Crippen LogP contribution in [0.4, 0.5) is 5.69 Å². The first-order valence-corrected chi connectivity index (χ1v) is 12.2. The van der Waals surface area contributed by atoms with Crippen molar-refractivity contribution >= 4 is 45.0 Å². The van der Waals surface area contributed by atoms with E-state index in [1.54, 1.807) is 54.2 Å². The Morgan fingerprint density at radius 2 is 1.57 bits per heavy atom. The summed E-state index contributed by atoms with van der Waals surface area (Å²) in [6, 6.07) is 22.2. The molecule has 156 valence electrons. The van der Waals surface area contributed by atoms with Crippen LogP contribution in [0.3, 0.4) is 0 Å². The van der Waals surface area contributed by atoms with Crippen LogP contribution >= 0.6 is 23.4 Å². The minimum absolute atomic E-state index is 0.183. The Balaban J connectivity index is 1.45. The molecule has 0 aliphatic heterocycles. The van der Waals surface area contributed by atoms with Gasteiger partial charge in [-0.25, -0.2) is 8.42 Å². The summed E-state index contributed by atoms with van der Waals surface area (Å²) in [6.45, 7) is 0.541. The number of rotatable bonds is 9. The van der Waals surface area contributed by atoms with E-state index in [1.807, 2.05) is 24.3 Å². The lowest BCUT2D eigenvalue weighted by molar-refractivity contribution is 0.0956. The first-order valence-electron chi connectivity index (χ1n) is 9.22. The number of halogens is 1. The number of sulfonamides is 1. The fraction of sp³-hybridized carbons (Fsp3) is 0.136. The quantitative estimate of drug-likeness (QED) is 0.449. The van der Waals surface area contributed by atoms with Crippen LogP contribution in [-0.4, -0.2) is 26.6 Å². The summed E-state index contributed by atoms with van der Waals surface area (Å²) in [5, 5.41) is 3.59. The fourth-order valence-electron chi connectivity index (χ4n) is 2.61. The Bertz CT molecular complexity index is 1070. The molecule has 0 heterocycles. The summed E-state index contributed by atoms with van der Waals surface area (Å²) in [6.07, 6.45) is 0. The summed E-state index contributed by atoms with van der Waals surface area (Å²) < 4.78 is 27.2. The van der Waals surface area contributed by atoms with E-state index in [0.717, 1.165) is 16.5 Å². The van der Waals surface area contributed by atoms with Crippen molar-refractivity contribution in [2.45, 2.75) is 10.6 Å². The molecule has 0 aliphatic rings. The van der Waals surface area contributed by atoms with Crippen molar-refractivity contribution in [2.75, 3.05) is 17.0 Å². The van der Waals surface area contributed by atoms with Gasteiger partial charge in [0.15, 0.2) is 0 Å². The summed E-state index contributed by atoms with van der Waals surface area (Å²) in [4.78, 5) is 12.4. The van der Waals surface area contributed by atoms with Crippen molar-refractivity contribution in [3.8, 4) is 0 Å². The van der Waals surface area contributed by atoms with Gasteiger partial charge in [0.1, 0.15) is 0 Å². The second kappa shape index (κ2) is 10.5. The van der Waals surface area contributed by atoms with E-state index >= 15 is 0 Å². The molecule has 0 aliphatic carbocycles. The number of benzene rings is 3. The standard InChI is InChI=1S/C22H21ClN2O3S2/c23-19-10-6-17(7-11-19)16-29-15-14-24-22(26)18-8-12-20(13-9-18)25-30(27,28)21-4-2-1-3-5-21/h1-13,25H,14-16H2,(H,24,26). The van der Waals surface area contributed by atoms with Crippen molar-refractivity contribution in [3.63, 3.8) is 0 Å². The number of thioether (sulfide) groups is 1. The molecule has 3 rings (SSSR count). The highest BCUT2D eigenvalue weighted by Crippen LogP contribution is 2.17. The second-order valence-corrected chi connectivity index (χ2v) is 9.65. The SMILES string of the molecule is O=C(NCCSCc1ccc(Cl)cc1)c1ccc(NS(=O)(=O)c2ccccc2)cc1. The lowest BCUT2D eigenvalue weighted by Crippen LogP contribution is -2.25. The zero-order chi connectivity index (χ0) is 21.4. The van der Waals surface area contributed by atoms with Crippen molar-refractivity contribution in [2.24, 2.45) is 0 Å². The molecule has 1 amide bonds. The molecule has 0 radical (unpaired) electrons. The number of nitrogens with one attached hydrogen (secondary N) is 2. The van der Waals surface area contributed by atoms with Crippen LogP contribution in [0, 0.1) is 0 Å². The molecule has 2 N–H and O–H groups in total. The van der Waals surface area contributed by atoms with Gasteiger partial charge in [0.2, 0.25) is 0 Å². The minimum atomic E-state index is -3.65. The number of carbonyl (C=O) groups is 1. The molecule has 0 unspecified atom stereocenters. The molecule has 0 aromatic heterocycles. The van der Waals surface area contributed by atoms with Gasteiger partial charge in [0.25, 0.3) is 15.9 Å². The summed E-state index contributed by atoms with van der Waals surface area (Å²) in [5.41, 5.74) is 2.05. The Morgan fingerprint density at radius 3 is 2.23 bits per heavy atom. The first-order chi connectivity index (χ1) is 14.4. The van der Waals surface area contributed by atoms with Gasteiger partial charge in [-0.1, -0.05) is 41.9 Å². The van der Waals surface area contributed by atoms with Crippen LogP contribution in [0.1, 0.15) is 15.9 Å². The molecule has 0 fully saturated rings. The van der Waals surface area contributed by atoms with Gasteiger partial charge in [-0.05, 0) is 54.1 Å². The van der Waals surface area contributed by atoms with E-state index in [0.29, 0.717) is 17.8 Å². The summed E-state index contributed by atoms with van der Waals surface area (Å²) >= 11 is 7.59. The smallest absolute Gasteiger partial charge is 0.261 e. The Labute approximate surface area is 185 Å². The Hall–Kier alpha value is -2.48. The van der Waals surface area contributed by atoms with Crippen LogP contribution in [-0.2, 0) is 15.8 Å². The molecule has 0 spiro atoms. The number of anilines is 1. The third-order valence-electron chi connectivity index (χ3n) is 4.17. The first kappa shape index (κ1) is 22.2. The second-order valence-electron chi connectivity index (χ2n) is 6.43. The van der Waals surface area contributed by atoms with Gasteiger partial charge >= 0.3 is 0 Å². The Kier molecular flexibility index (Phi) is 7.79. The molecule has 0 bridgehead atoms. The zero-order valence-electron chi connectivity index (χ0n) is 16.0. The predicted octanol–water partition coefficient (Wildman–Crippen LogP) is 4.80. The highest BCUT2D eigenvalue weighted by molar-refractivity contribution is 7.98. The lowest BCUT2D eigenvalue weighted by atomic mass is 10.2. The summed E-state index contributed by atoms with van der Waals surface area (Å²) in [5.74, 6) is 1.44. The van der Waals surface area contributed by atoms with Crippen LogP contribution in [0.5, 0.6) is 0 Å². The van der Waals surface area contributed by atoms with Gasteiger partial charge in [-0.2, -0.15) is 11.8 Å². The van der Waals surface area contributed by atoms with E-state index in [1.165, 1.54) is 17.7 Å².